The SMILES string of the molecule is O=C(O)c1cc(S(=O)(=O)NC2(CO)CCOCC2)cs1. The molecule has 3 N–H and O–H groups in total. The molecule has 0 atom stereocenters. The van der Waals surface area contributed by atoms with Gasteiger partial charge in [0.05, 0.1) is 17.0 Å². The Bertz CT molecular complexity index is 588. The molecule has 0 saturated carbocycles. The standard InChI is InChI=1S/C11H15NO6S2/c13-7-11(1-3-18-4-2-11)12-20(16,17)8-5-9(10(14)15)19-6-8/h5-6,12-13H,1-4,7H2,(H,14,15). The highest BCUT2D eigenvalue weighted by molar-refractivity contribution is 7.89. The van der Waals surface area contributed by atoms with E-state index in [0.29, 0.717) is 26.1 Å². The van der Waals surface area contributed by atoms with Crippen molar-refractivity contribution >= 4 is 27.3 Å². The van der Waals surface area contributed by atoms with E-state index < -0.39 is 21.5 Å². The van der Waals surface area contributed by atoms with Gasteiger partial charge in [-0.3, -0.25) is 0 Å². The van der Waals surface area contributed by atoms with Gasteiger partial charge in [0.25, 0.3) is 0 Å². The molecular formula is C11H15NO6S2. The van der Waals surface area contributed by atoms with Crippen molar-refractivity contribution in [3.05, 3.63) is 16.3 Å². The molecule has 0 aliphatic carbocycles. The van der Waals surface area contributed by atoms with Gasteiger partial charge in [0.2, 0.25) is 10.0 Å². The highest BCUT2D eigenvalue weighted by Crippen LogP contribution is 2.25. The number of nitrogens with one attached hydrogen (secondary N) is 1. The molecule has 1 aliphatic rings. The van der Waals surface area contributed by atoms with E-state index in [-0.39, 0.29) is 16.4 Å². The Kier molecular flexibility index (Phi) is 4.45. The highest BCUT2D eigenvalue weighted by atomic mass is 32.2. The minimum atomic E-state index is -3.86. The van der Waals surface area contributed by atoms with Gasteiger partial charge >= 0.3 is 5.97 Å². The molecule has 0 unspecified atom stereocenters. The Morgan fingerprint density at radius 1 is 1.45 bits per heavy atom. The molecule has 0 radical (unpaired) electrons. The molecule has 112 valence electrons. The van der Waals surface area contributed by atoms with E-state index >= 15 is 0 Å². The molecule has 1 aromatic rings. The molecular weight excluding hydrogens is 306 g/mol. The van der Waals surface area contributed by atoms with Crippen LogP contribution in [-0.2, 0) is 14.8 Å². The fraction of sp³-hybridized carbons (Fsp3) is 0.545. The Morgan fingerprint density at radius 2 is 2.10 bits per heavy atom. The number of aliphatic hydroxyl groups is 1. The second-order valence-corrected chi connectivity index (χ2v) is 7.20. The van der Waals surface area contributed by atoms with Crippen molar-refractivity contribution in [2.24, 2.45) is 0 Å². The molecule has 0 spiro atoms. The van der Waals surface area contributed by atoms with Crippen LogP contribution < -0.4 is 4.72 Å². The molecule has 1 aliphatic heterocycles. The topological polar surface area (TPSA) is 113 Å². The number of aromatic carboxylic acids is 1. The van der Waals surface area contributed by atoms with Gasteiger partial charge in [-0.25, -0.2) is 17.9 Å². The molecule has 1 saturated heterocycles. The van der Waals surface area contributed by atoms with E-state index in [1.54, 1.807) is 0 Å². The first-order valence-corrected chi connectivity index (χ1v) is 8.29. The Hall–Kier alpha value is -1.00. The highest BCUT2D eigenvalue weighted by Gasteiger charge is 2.36. The number of rotatable bonds is 5. The van der Waals surface area contributed by atoms with Crippen LogP contribution in [0.3, 0.4) is 0 Å². The molecule has 9 heteroatoms. The fourth-order valence-electron chi connectivity index (χ4n) is 1.97. The van der Waals surface area contributed by atoms with Gasteiger partial charge in [-0.1, -0.05) is 0 Å². The van der Waals surface area contributed by atoms with Crippen molar-refractivity contribution in [3.8, 4) is 0 Å². The van der Waals surface area contributed by atoms with Gasteiger partial charge in [0.1, 0.15) is 4.88 Å². The van der Waals surface area contributed by atoms with Crippen molar-refractivity contribution in [2.45, 2.75) is 23.3 Å². The first-order chi connectivity index (χ1) is 9.38. The summed E-state index contributed by atoms with van der Waals surface area (Å²) in [5.74, 6) is -1.17. The lowest BCUT2D eigenvalue weighted by molar-refractivity contribution is 0.0223. The summed E-state index contributed by atoms with van der Waals surface area (Å²) in [5, 5.41) is 19.6. The molecule has 1 fully saturated rings. The van der Waals surface area contributed by atoms with Crippen LogP contribution in [0.5, 0.6) is 0 Å². The zero-order valence-corrected chi connectivity index (χ0v) is 12.2. The summed E-state index contributed by atoms with van der Waals surface area (Å²) in [6, 6.07) is 1.11. The fourth-order valence-corrected chi connectivity index (χ4v) is 4.53. The second kappa shape index (κ2) is 5.78. The van der Waals surface area contributed by atoms with E-state index in [9.17, 15) is 18.3 Å². The summed E-state index contributed by atoms with van der Waals surface area (Å²) < 4.78 is 32.1. The predicted octanol–water partition coefficient (Wildman–Crippen LogP) is 0.266. The maximum atomic E-state index is 12.3. The lowest BCUT2D eigenvalue weighted by Gasteiger charge is -2.35. The molecule has 1 aromatic heterocycles. The van der Waals surface area contributed by atoms with Crippen LogP contribution >= 0.6 is 11.3 Å². The molecule has 7 nitrogen and oxygen atoms in total. The van der Waals surface area contributed by atoms with Crippen molar-refractivity contribution < 1.29 is 28.2 Å². The monoisotopic (exact) mass is 321 g/mol. The van der Waals surface area contributed by atoms with E-state index in [4.69, 9.17) is 9.84 Å². The average molecular weight is 321 g/mol. The minimum Gasteiger partial charge on any atom is -0.477 e. The van der Waals surface area contributed by atoms with Crippen LogP contribution in [0, 0.1) is 0 Å². The number of carbonyl (C=O) groups is 1. The number of sulfonamides is 1. The van der Waals surface area contributed by atoms with Gasteiger partial charge < -0.3 is 14.9 Å². The zero-order valence-electron chi connectivity index (χ0n) is 10.5. The Morgan fingerprint density at radius 3 is 2.60 bits per heavy atom. The lowest BCUT2D eigenvalue weighted by Crippen LogP contribution is -2.54. The number of aliphatic hydroxyl groups excluding tert-OH is 1. The maximum Gasteiger partial charge on any atom is 0.345 e. The number of carboxylic acid groups (broad SMARTS) is 1. The van der Waals surface area contributed by atoms with E-state index in [1.807, 2.05) is 0 Å². The smallest absolute Gasteiger partial charge is 0.345 e. The third kappa shape index (κ3) is 3.18. The van der Waals surface area contributed by atoms with Crippen molar-refractivity contribution in [2.75, 3.05) is 19.8 Å². The van der Waals surface area contributed by atoms with Crippen LogP contribution in [0.2, 0.25) is 0 Å². The number of thiophene rings is 1. The van der Waals surface area contributed by atoms with Crippen LogP contribution in [0.25, 0.3) is 0 Å². The van der Waals surface area contributed by atoms with Crippen LogP contribution in [0.4, 0.5) is 0 Å². The summed E-state index contributed by atoms with van der Waals surface area (Å²) in [5.41, 5.74) is -0.942. The third-order valence-electron chi connectivity index (χ3n) is 3.20. The van der Waals surface area contributed by atoms with E-state index in [2.05, 4.69) is 4.72 Å². The summed E-state index contributed by atoms with van der Waals surface area (Å²) in [6.45, 7) is 0.408. The number of hydrogen-bond donors (Lipinski definition) is 3. The van der Waals surface area contributed by atoms with Crippen LogP contribution in [-0.4, -0.2) is 50.0 Å². The molecule has 0 aromatic carbocycles. The number of hydrogen-bond acceptors (Lipinski definition) is 6. The van der Waals surface area contributed by atoms with Gasteiger partial charge in [0, 0.05) is 18.6 Å². The quantitative estimate of drug-likeness (QED) is 0.717. The molecule has 0 amide bonds. The normalized spacial score (nSPS) is 18.9. The third-order valence-corrected chi connectivity index (χ3v) is 5.83. The lowest BCUT2D eigenvalue weighted by atomic mass is 9.93. The summed E-state index contributed by atoms with van der Waals surface area (Å²) >= 11 is 0.847. The first-order valence-electron chi connectivity index (χ1n) is 5.93. The maximum absolute atomic E-state index is 12.3. The second-order valence-electron chi connectivity index (χ2n) is 4.61. The van der Waals surface area contributed by atoms with Crippen molar-refractivity contribution in [3.63, 3.8) is 0 Å². The van der Waals surface area contributed by atoms with E-state index in [1.165, 1.54) is 5.38 Å². The largest absolute Gasteiger partial charge is 0.477 e. The number of carboxylic acids is 1. The summed E-state index contributed by atoms with van der Waals surface area (Å²) in [4.78, 5) is 10.6. The van der Waals surface area contributed by atoms with Gasteiger partial charge in [0.15, 0.2) is 0 Å². The summed E-state index contributed by atoms with van der Waals surface area (Å²) in [6.07, 6.45) is 0.747. The Balaban J connectivity index is 2.23. The Labute approximate surface area is 120 Å². The van der Waals surface area contributed by atoms with Gasteiger partial charge in [-0.05, 0) is 18.9 Å². The van der Waals surface area contributed by atoms with Crippen LogP contribution in [0.1, 0.15) is 22.5 Å². The van der Waals surface area contributed by atoms with Crippen molar-refractivity contribution in [1.82, 2.24) is 4.72 Å². The molecule has 0 bridgehead atoms. The zero-order chi connectivity index (χ0) is 14.8. The van der Waals surface area contributed by atoms with Crippen LogP contribution in [0.15, 0.2) is 16.3 Å². The van der Waals surface area contributed by atoms with Gasteiger partial charge in [-0.2, -0.15) is 0 Å². The molecule has 2 heterocycles. The molecule has 20 heavy (non-hydrogen) atoms. The van der Waals surface area contributed by atoms with Crippen molar-refractivity contribution in [1.29, 1.82) is 0 Å². The van der Waals surface area contributed by atoms with Gasteiger partial charge in [-0.15, -0.1) is 11.3 Å². The van der Waals surface area contributed by atoms with E-state index in [0.717, 1.165) is 17.4 Å². The first kappa shape index (κ1) is 15.4. The average Bonchev–Trinajstić information content (AvgIpc) is 2.90. The number of ether oxygens (including phenoxy) is 1. The predicted molar refractivity (Wildman–Crippen MR) is 71.5 cm³/mol. The molecule has 2 rings (SSSR count). The summed E-state index contributed by atoms with van der Waals surface area (Å²) in [7, 11) is -3.86. The minimum absolute atomic E-state index is 0.0459.